The highest BCUT2D eigenvalue weighted by Gasteiger charge is 2.40. The van der Waals surface area contributed by atoms with Crippen molar-refractivity contribution in [2.45, 2.75) is 44.3 Å². The van der Waals surface area contributed by atoms with Gasteiger partial charge in [0.15, 0.2) is 5.78 Å². The number of Topliss-reactive ketones (excluding diaryl/α,β-unsaturated/α-hetero) is 1. The number of allylic oxidation sites excluding steroid dienone is 1. The fraction of sp³-hybridized carbons (Fsp3) is 0.583. The Balaban J connectivity index is 1.25. The summed E-state index contributed by atoms with van der Waals surface area (Å²) in [5, 5.41) is 0. The van der Waals surface area contributed by atoms with Crippen molar-refractivity contribution in [3.63, 3.8) is 0 Å². The summed E-state index contributed by atoms with van der Waals surface area (Å²) in [6.07, 6.45) is 5.69. The molecular weight excluding hydrogens is 396 g/mol. The summed E-state index contributed by atoms with van der Waals surface area (Å²) in [5.74, 6) is 0.663. The van der Waals surface area contributed by atoms with Gasteiger partial charge in [-0.25, -0.2) is 0 Å². The molecule has 1 aliphatic carbocycles. The van der Waals surface area contributed by atoms with Crippen LogP contribution in [0.3, 0.4) is 0 Å². The van der Waals surface area contributed by atoms with E-state index in [2.05, 4.69) is 4.90 Å². The van der Waals surface area contributed by atoms with E-state index in [4.69, 9.17) is 19.9 Å². The van der Waals surface area contributed by atoms with E-state index in [1.165, 1.54) is 0 Å². The van der Waals surface area contributed by atoms with Crippen molar-refractivity contribution >= 4 is 17.3 Å². The zero-order valence-electron chi connectivity index (χ0n) is 18.1. The monoisotopic (exact) mass is 428 g/mol. The lowest BCUT2D eigenvalue weighted by atomic mass is 9.78. The molecular formula is C24H32N2O5. The molecule has 1 amide bonds. The van der Waals surface area contributed by atoms with E-state index >= 15 is 0 Å². The summed E-state index contributed by atoms with van der Waals surface area (Å²) in [6.45, 7) is 3.30. The van der Waals surface area contributed by atoms with E-state index in [-0.39, 0.29) is 35.7 Å². The van der Waals surface area contributed by atoms with Gasteiger partial charge < -0.3 is 24.8 Å². The number of carbonyl (C=O) groups excluding carboxylic acids is 2. The van der Waals surface area contributed by atoms with Gasteiger partial charge in [-0.1, -0.05) is 12.1 Å². The second kappa shape index (κ2) is 9.83. The number of amides is 1. The van der Waals surface area contributed by atoms with Crippen LogP contribution in [0.2, 0.25) is 0 Å². The molecule has 0 spiro atoms. The number of hydrogen-bond acceptors (Lipinski definition) is 6. The Morgan fingerprint density at radius 1 is 1.16 bits per heavy atom. The molecule has 2 N–H and O–H groups in total. The summed E-state index contributed by atoms with van der Waals surface area (Å²) >= 11 is 0. The number of hydrogen-bond donors (Lipinski definition) is 1. The molecule has 0 aromatic heterocycles. The largest absolute Gasteiger partial charge is 0.497 e. The maximum absolute atomic E-state index is 13.1. The quantitative estimate of drug-likeness (QED) is 0.717. The SMILES string of the molecule is COc1ccc(C2=COC3CC(OCCN4CCC(C(N)=O)CC4)CCC3C2=O)cc1. The van der Waals surface area contributed by atoms with Gasteiger partial charge in [0.25, 0.3) is 0 Å². The number of carbonyl (C=O) groups is 2. The molecule has 0 bridgehead atoms. The van der Waals surface area contributed by atoms with Crippen LogP contribution in [0.1, 0.15) is 37.7 Å². The van der Waals surface area contributed by atoms with E-state index in [1.54, 1.807) is 13.4 Å². The van der Waals surface area contributed by atoms with Gasteiger partial charge in [-0.2, -0.15) is 0 Å². The minimum atomic E-state index is -0.182. The van der Waals surface area contributed by atoms with E-state index in [0.29, 0.717) is 12.2 Å². The molecule has 0 radical (unpaired) electrons. The molecule has 3 aliphatic rings. The average molecular weight is 429 g/mol. The van der Waals surface area contributed by atoms with Gasteiger partial charge in [-0.15, -0.1) is 0 Å². The number of likely N-dealkylation sites (tertiary alicyclic amines) is 1. The zero-order valence-corrected chi connectivity index (χ0v) is 18.1. The molecule has 2 heterocycles. The van der Waals surface area contributed by atoms with Gasteiger partial charge in [-0.3, -0.25) is 9.59 Å². The molecule has 7 heteroatoms. The normalized spacial score (nSPS) is 27.2. The number of fused-ring (bicyclic) bond motifs is 1. The summed E-state index contributed by atoms with van der Waals surface area (Å²) in [5.41, 5.74) is 6.90. The molecule has 3 unspecified atom stereocenters. The lowest BCUT2D eigenvalue weighted by Gasteiger charge is -2.38. The molecule has 1 aromatic carbocycles. The summed E-state index contributed by atoms with van der Waals surface area (Å²) in [4.78, 5) is 26.7. The van der Waals surface area contributed by atoms with Gasteiger partial charge in [0.05, 0.1) is 37.6 Å². The molecule has 1 saturated carbocycles. The fourth-order valence-electron chi connectivity index (χ4n) is 4.88. The fourth-order valence-corrected chi connectivity index (χ4v) is 4.88. The first-order chi connectivity index (χ1) is 15.0. The molecule has 3 atom stereocenters. The van der Waals surface area contributed by atoms with Crippen LogP contribution in [-0.4, -0.2) is 62.1 Å². The maximum atomic E-state index is 13.1. The van der Waals surface area contributed by atoms with Crippen LogP contribution in [0.15, 0.2) is 30.5 Å². The van der Waals surface area contributed by atoms with Crippen LogP contribution in [0, 0.1) is 11.8 Å². The number of rotatable bonds is 7. The predicted octanol–water partition coefficient (Wildman–Crippen LogP) is 2.39. The minimum Gasteiger partial charge on any atom is -0.497 e. The zero-order chi connectivity index (χ0) is 21.8. The van der Waals surface area contributed by atoms with Crippen molar-refractivity contribution in [3.05, 3.63) is 36.1 Å². The number of piperidine rings is 1. The number of nitrogens with zero attached hydrogens (tertiary/aromatic N) is 1. The Kier molecular flexibility index (Phi) is 6.92. The lowest BCUT2D eigenvalue weighted by molar-refractivity contribution is -0.128. The van der Waals surface area contributed by atoms with Crippen LogP contribution in [0.25, 0.3) is 5.57 Å². The molecule has 1 aromatic rings. The van der Waals surface area contributed by atoms with E-state index in [0.717, 1.165) is 63.1 Å². The third-order valence-electron chi connectivity index (χ3n) is 6.86. The smallest absolute Gasteiger partial charge is 0.220 e. The number of methoxy groups -OCH3 is 1. The van der Waals surface area contributed by atoms with Gasteiger partial charge in [0, 0.05) is 18.9 Å². The molecule has 4 rings (SSSR count). The third kappa shape index (κ3) is 5.10. The van der Waals surface area contributed by atoms with Gasteiger partial charge in [0.1, 0.15) is 11.9 Å². The number of benzene rings is 1. The number of primary amides is 1. The second-order valence-electron chi connectivity index (χ2n) is 8.73. The molecule has 2 aliphatic heterocycles. The first kappa shape index (κ1) is 21.8. The van der Waals surface area contributed by atoms with Gasteiger partial charge >= 0.3 is 0 Å². The van der Waals surface area contributed by atoms with Crippen molar-refractivity contribution in [1.82, 2.24) is 4.90 Å². The van der Waals surface area contributed by atoms with Gasteiger partial charge in [-0.05, 0) is 56.5 Å². The molecule has 31 heavy (non-hydrogen) atoms. The number of ketones is 1. The lowest BCUT2D eigenvalue weighted by Crippen LogP contribution is -2.43. The van der Waals surface area contributed by atoms with Crippen molar-refractivity contribution in [1.29, 1.82) is 0 Å². The van der Waals surface area contributed by atoms with Gasteiger partial charge in [0.2, 0.25) is 5.91 Å². The van der Waals surface area contributed by atoms with Crippen molar-refractivity contribution in [2.75, 3.05) is 33.4 Å². The van der Waals surface area contributed by atoms with Crippen molar-refractivity contribution in [3.8, 4) is 5.75 Å². The van der Waals surface area contributed by atoms with Crippen LogP contribution in [-0.2, 0) is 19.1 Å². The molecule has 7 nitrogen and oxygen atoms in total. The highest BCUT2D eigenvalue weighted by atomic mass is 16.5. The Morgan fingerprint density at radius 3 is 2.58 bits per heavy atom. The standard InChI is InChI=1S/C24H32N2O5/c1-29-18-4-2-16(3-5-18)21-15-31-22-14-19(6-7-20(22)23(21)27)30-13-12-26-10-8-17(9-11-26)24(25)28/h2-5,15,17,19-20,22H,6-14H2,1H3,(H2,25,28). The van der Waals surface area contributed by atoms with E-state index in [1.807, 2.05) is 24.3 Å². The maximum Gasteiger partial charge on any atom is 0.220 e. The predicted molar refractivity (Wildman–Crippen MR) is 116 cm³/mol. The van der Waals surface area contributed by atoms with E-state index in [9.17, 15) is 9.59 Å². The molecule has 2 fully saturated rings. The molecule has 168 valence electrons. The Hall–Kier alpha value is -2.38. The van der Waals surface area contributed by atoms with Crippen LogP contribution in [0.4, 0.5) is 0 Å². The van der Waals surface area contributed by atoms with Crippen LogP contribution in [0.5, 0.6) is 5.75 Å². The topological polar surface area (TPSA) is 91.1 Å². The highest BCUT2D eigenvalue weighted by molar-refractivity contribution is 6.22. The first-order valence-electron chi connectivity index (χ1n) is 11.2. The minimum absolute atomic E-state index is 0.0179. The Bertz CT molecular complexity index is 814. The van der Waals surface area contributed by atoms with E-state index < -0.39 is 0 Å². The third-order valence-corrected chi connectivity index (χ3v) is 6.86. The van der Waals surface area contributed by atoms with Crippen molar-refractivity contribution < 1.29 is 23.8 Å². The van der Waals surface area contributed by atoms with Crippen molar-refractivity contribution in [2.24, 2.45) is 17.6 Å². The summed E-state index contributed by atoms with van der Waals surface area (Å²) < 4.78 is 17.3. The highest BCUT2D eigenvalue weighted by Crippen LogP contribution is 2.37. The van der Waals surface area contributed by atoms with Crippen LogP contribution < -0.4 is 10.5 Å². The Morgan fingerprint density at radius 2 is 1.90 bits per heavy atom. The first-order valence-corrected chi connectivity index (χ1v) is 11.2. The summed E-state index contributed by atoms with van der Waals surface area (Å²) in [7, 11) is 1.63. The summed E-state index contributed by atoms with van der Waals surface area (Å²) in [6, 6.07) is 7.51. The molecule has 1 saturated heterocycles. The Labute approximate surface area is 183 Å². The van der Waals surface area contributed by atoms with Crippen LogP contribution >= 0.6 is 0 Å². The average Bonchev–Trinajstić information content (AvgIpc) is 2.80. The second-order valence-corrected chi connectivity index (χ2v) is 8.73. The number of nitrogens with two attached hydrogens (primary N) is 1. The number of ether oxygens (including phenoxy) is 3.